The lowest BCUT2D eigenvalue weighted by Crippen LogP contribution is -2.29. The number of rotatable bonds is 5. The summed E-state index contributed by atoms with van der Waals surface area (Å²) in [6, 6.07) is 19.5. The zero-order valence-corrected chi connectivity index (χ0v) is 22.8. The van der Waals surface area contributed by atoms with E-state index in [1.54, 1.807) is 24.3 Å². The van der Waals surface area contributed by atoms with E-state index in [0.29, 0.717) is 22.5 Å². The molecule has 0 saturated carbocycles. The van der Waals surface area contributed by atoms with Gasteiger partial charge in [0.25, 0.3) is 11.7 Å². The fourth-order valence-electron chi connectivity index (χ4n) is 4.78. The second kappa shape index (κ2) is 10.3. The normalized spacial score (nSPS) is 17.1. The molecule has 1 saturated heterocycles. The van der Waals surface area contributed by atoms with Crippen LogP contribution in [0.4, 0.5) is 11.4 Å². The molecular weight excluding hydrogens is 476 g/mol. The van der Waals surface area contributed by atoms with Crippen molar-refractivity contribution in [2.24, 2.45) is 0 Å². The third-order valence-corrected chi connectivity index (χ3v) is 6.95. The first-order chi connectivity index (χ1) is 17.9. The number of aliphatic hydroxyl groups is 1. The molecule has 1 aliphatic heterocycles. The lowest BCUT2D eigenvalue weighted by atomic mass is 9.84. The molecule has 0 radical (unpaired) electrons. The first-order valence-electron chi connectivity index (χ1n) is 12.8. The number of ketones is 1. The highest BCUT2D eigenvalue weighted by Crippen LogP contribution is 2.43. The van der Waals surface area contributed by atoms with Crippen LogP contribution in [-0.2, 0) is 26.2 Å². The summed E-state index contributed by atoms with van der Waals surface area (Å²) in [5, 5.41) is 14.4. The third-order valence-electron chi connectivity index (χ3n) is 6.95. The van der Waals surface area contributed by atoms with E-state index in [1.807, 2.05) is 49.4 Å². The highest BCUT2D eigenvalue weighted by molar-refractivity contribution is 6.51. The number of amides is 2. The molecule has 0 aromatic heterocycles. The predicted octanol–water partition coefficient (Wildman–Crippen LogP) is 6.44. The molecule has 38 heavy (non-hydrogen) atoms. The number of carbonyl (C=O) groups excluding carboxylic acids is 3. The van der Waals surface area contributed by atoms with Gasteiger partial charge in [-0.2, -0.15) is 0 Å². The van der Waals surface area contributed by atoms with Gasteiger partial charge in [-0.05, 0) is 65.3 Å². The summed E-state index contributed by atoms with van der Waals surface area (Å²) in [5.41, 5.74) is 4.97. The molecule has 1 unspecified atom stereocenters. The summed E-state index contributed by atoms with van der Waals surface area (Å²) in [4.78, 5) is 40.2. The highest BCUT2D eigenvalue weighted by Gasteiger charge is 2.47. The van der Waals surface area contributed by atoms with Crippen LogP contribution in [0.3, 0.4) is 0 Å². The molecule has 3 aromatic rings. The maximum Gasteiger partial charge on any atom is 0.300 e. The molecule has 6 nitrogen and oxygen atoms in total. The monoisotopic (exact) mass is 510 g/mol. The van der Waals surface area contributed by atoms with Crippen molar-refractivity contribution in [3.05, 3.63) is 100 Å². The number of anilines is 2. The Morgan fingerprint density at radius 1 is 1.00 bits per heavy atom. The van der Waals surface area contributed by atoms with Crippen molar-refractivity contribution in [3.63, 3.8) is 0 Å². The van der Waals surface area contributed by atoms with E-state index in [2.05, 4.69) is 33.0 Å². The first-order valence-corrected chi connectivity index (χ1v) is 12.8. The minimum atomic E-state index is -0.842. The van der Waals surface area contributed by atoms with Gasteiger partial charge in [-0.3, -0.25) is 19.3 Å². The minimum absolute atomic E-state index is 0.0401. The fraction of sp³-hybridized carbons (Fsp3) is 0.281. The van der Waals surface area contributed by atoms with Crippen molar-refractivity contribution in [1.29, 1.82) is 0 Å². The molecule has 1 aliphatic rings. The van der Waals surface area contributed by atoms with Gasteiger partial charge in [0.15, 0.2) is 0 Å². The summed E-state index contributed by atoms with van der Waals surface area (Å²) in [7, 11) is 0. The quantitative estimate of drug-likeness (QED) is 0.235. The maximum atomic E-state index is 13.6. The molecule has 0 aliphatic carbocycles. The Morgan fingerprint density at radius 3 is 2.29 bits per heavy atom. The van der Waals surface area contributed by atoms with Crippen LogP contribution in [0, 0.1) is 6.92 Å². The van der Waals surface area contributed by atoms with Gasteiger partial charge in [-0.15, -0.1) is 0 Å². The maximum absolute atomic E-state index is 13.6. The van der Waals surface area contributed by atoms with E-state index >= 15 is 0 Å². The molecule has 1 fully saturated rings. The number of aryl methyl sites for hydroxylation is 2. The average Bonchev–Trinajstić information content (AvgIpc) is 3.13. The van der Waals surface area contributed by atoms with Crippen LogP contribution in [0.5, 0.6) is 0 Å². The van der Waals surface area contributed by atoms with E-state index in [-0.39, 0.29) is 22.7 Å². The topological polar surface area (TPSA) is 86.7 Å². The minimum Gasteiger partial charge on any atom is -0.507 e. The van der Waals surface area contributed by atoms with Crippen molar-refractivity contribution in [3.8, 4) is 0 Å². The molecule has 0 bridgehead atoms. The van der Waals surface area contributed by atoms with Crippen LogP contribution in [0.15, 0.2) is 72.3 Å². The summed E-state index contributed by atoms with van der Waals surface area (Å²) in [6.45, 7) is 11.6. The first kappa shape index (κ1) is 26.9. The number of hydrogen-bond donors (Lipinski definition) is 2. The van der Waals surface area contributed by atoms with Crippen molar-refractivity contribution >= 4 is 34.7 Å². The largest absolute Gasteiger partial charge is 0.507 e. The zero-order valence-electron chi connectivity index (χ0n) is 22.8. The predicted molar refractivity (Wildman–Crippen MR) is 151 cm³/mol. The standard InChI is InChI=1S/C32H34N2O4/c1-7-21-12-14-22(15-13-21)28-27(29(36)26-17-23(32(4,5)6)16-11-19(26)2)30(37)31(38)34(28)25-10-8-9-24(18-25)33-20(3)35/h8-18,28,36H,7H2,1-6H3,(H,33,35)/b29-27+. The van der Waals surface area contributed by atoms with E-state index in [0.717, 1.165) is 23.1 Å². The summed E-state index contributed by atoms with van der Waals surface area (Å²) < 4.78 is 0. The fourth-order valence-corrected chi connectivity index (χ4v) is 4.78. The smallest absolute Gasteiger partial charge is 0.300 e. The van der Waals surface area contributed by atoms with E-state index in [9.17, 15) is 19.5 Å². The SMILES string of the molecule is CCc1ccc(C2/C(=C(\O)c3cc(C(C)(C)C)ccc3C)C(=O)C(=O)N2c2cccc(NC(C)=O)c2)cc1. The second-order valence-electron chi connectivity index (χ2n) is 10.8. The average molecular weight is 511 g/mol. The van der Waals surface area contributed by atoms with Crippen LogP contribution in [-0.4, -0.2) is 22.7 Å². The van der Waals surface area contributed by atoms with Crippen LogP contribution in [0.25, 0.3) is 5.76 Å². The number of hydrogen-bond acceptors (Lipinski definition) is 4. The Labute approximate surface area is 224 Å². The molecule has 0 spiro atoms. The number of benzene rings is 3. The molecule has 6 heteroatoms. The van der Waals surface area contributed by atoms with Crippen LogP contribution >= 0.6 is 0 Å². The number of carbonyl (C=O) groups is 3. The Kier molecular flexibility index (Phi) is 7.27. The van der Waals surface area contributed by atoms with Gasteiger partial charge < -0.3 is 10.4 Å². The second-order valence-corrected chi connectivity index (χ2v) is 10.8. The van der Waals surface area contributed by atoms with Gasteiger partial charge >= 0.3 is 0 Å². The van der Waals surface area contributed by atoms with Gasteiger partial charge in [0.05, 0.1) is 11.6 Å². The Morgan fingerprint density at radius 2 is 1.68 bits per heavy atom. The highest BCUT2D eigenvalue weighted by atomic mass is 16.3. The number of nitrogens with one attached hydrogen (secondary N) is 1. The molecular formula is C32H34N2O4. The molecule has 2 N–H and O–H groups in total. The lowest BCUT2D eigenvalue weighted by molar-refractivity contribution is -0.132. The molecule has 196 valence electrons. The van der Waals surface area contributed by atoms with E-state index in [1.165, 1.54) is 11.8 Å². The van der Waals surface area contributed by atoms with Crippen molar-refractivity contribution in [2.75, 3.05) is 10.2 Å². The Balaban J connectivity index is 1.95. The molecule has 1 heterocycles. The third kappa shape index (κ3) is 5.12. The van der Waals surface area contributed by atoms with Gasteiger partial charge in [0, 0.05) is 23.9 Å². The summed E-state index contributed by atoms with van der Waals surface area (Å²) >= 11 is 0. The van der Waals surface area contributed by atoms with E-state index in [4.69, 9.17) is 0 Å². The van der Waals surface area contributed by atoms with E-state index < -0.39 is 17.7 Å². The molecule has 3 aromatic carbocycles. The molecule has 1 atom stereocenters. The Hall–Kier alpha value is -4.19. The van der Waals surface area contributed by atoms with Crippen LogP contribution in [0.2, 0.25) is 0 Å². The van der Waals surface area contributed by atoms with Crippen LogP contribution < -0.4 is 10.2 Å². The van der Waals surface area contributed by atoms with Gasteiger partial charge in [0.2, 0.25) is 5.91 Å². The van der Waals surface area contributed by atoms with Gasteiger partial charge in [-0.25, -0.2) is 0 Å². The number of aliphatic hydroxyl groups excluding tert-OH is 1. The molecule has 4 rings (SSSR count). The van der Waals surface area contributed by atoms with Gasteiger partial charge in [0.1, 0.15) is 5.76 Å². The summed E-state index contributed by atoms with van der Waals surface area (Å²) in [6.07, 6.45) is 0.845. The number of Topliss-reactive ketones (excluding diaryl/α,β-unsaturated/α-hetero) is 1. The zero-order chi connectivity index (χ0) is 27.8. The van der Waals surface area contributed by atoms with Crippen LogP contribution in [0.1, 0.15) is 68.5 Å². The van der Waals surface area contributed by atoms with Crippen molar-refractivity contribution in [2.45, 2.75) is 59.4 Å². The van der Waals surface area contributed by atoms with Crippen molar-refractivity contribution < 1.29 is 19.5 Å². The van der Waals surface area contributed by atoms with Crippen molar-refractivity contribution in [1.82, 2.24) is 0 Å². The lowest BCUT2D eigenvalue weighted by Gasteiger charge is -2.26. The summed E-state index contributed by atoms with van der Waals surface area (Å²) in [5.74, 6) is -1.93. The molecule has 2 amide bonds. The Bertz CT molecular complexity index is 1450. The van der Waals surface area contributed by atoms with Gasteiger partial charge in [-0.1, -0.05) is 70.2 Å². The number of nitrogens with zero attached hydrogens (tertiary/aromatic N) is 1.